The van der Waals surface area contributed by atoms with Crippen LogP contribution in [0.1, 0.15) is 86.5 Å². The van der Waals surface area contributed by atoms with Gasteiger partial charge in [-0.2, -0.15) is 0 Å². The Morgan fingerprint density at radius 2 is 1.69 bits per heavy atom. The van der Waals surface area contributed by atoms with Crippen LogP contribution in [0.15, 0.2) is 35.5 Å². The van der Waals surface area contributed by atoms with Gasteiger partial charge in [-0.3, -0.25) is 0 Å². The summed E-state index contributed by atoms with van der Waals surface area (Å²) in [6.45, 7) is 14.6. The third-order valence-electron chi connectivity index (χ3n) is 10.0. The Kier molecular flexibility index (Phi) is 5.69. The smallest absolute Gasteiger partial charge is 0.0578 e. The van der Waals surface area contributed by atoms with Crippen LogP contribution in [-0.4, -0.2) is 11.2 Å². The molecule has 0 amide bonds. The summed E-state index contributed by atoms with van der Waals surface area (Å²) in [4.78, 5) is 0. The van der Waals surface area contributed by atoms with Crippen LogP contribution in [0, 0.1) is 46.3 Å². The molecule has 0 bridgehead atoms. The Hall–Kier alpha value is -0.820. The van der Waals surface area contributed by atoms with Crippen molar-refractivity contribution in [2.75, 3.05) is 0 Å². The number of fused-ring (bicyclic) bond motifs is 5. The fourth-order valence-electron chi connectivity index (χ4n) is 7.59. The van der Waals surface area contributed by atoms with Crippen molar-refractivity contribution in [1.29, 1.82) is 0 Å². The Morgan fingerprint density at radius 1 is 0.931 bits per heavy atom. The van der Waals surface area contributed by atoms with E-state index in [-0.39, 0.29) is 6.10 Å². The highest BCUT2D eigenvalue weighted by Crippen LogP contribution is 2.65. The van der Waals surface area contributed by atoms with E-state index >= 15 is 0 Å². The molecule has 0 unspecified atom stereocenters. The van der Waals surface area contributed by atoms with Crippen molar-refractivity contribution >= 4 is 0 Å². The van der Waals surface area contributed by atoms with Crippen molar-refractivity contribution in [3.05, 3.63) is 35.5 Å². The molecule has 3 fully saturated rings. The maximum absolute atomic E-state index is 10.2. The molecule has 0 aromatic rings. The maximum atomic E-state index is 10.2. The van der Waals surface area contributed by atoms with E-state index in [1.807, 2.05) is 0 Å². The molecular weight excluding hydrogens is 352 g/mol. The molecular formula is C28H44O. The minimum Gasteiger partial charge on any atom is -0.393 e. The van der Waals surface area contributed by atoms with Gasteiger partial charge in [0.05, 0.1) is 6.10 Å². The van der Waals surface area contributed by atoms with Gasteiger partial charge < -0.3 is 5.11 Å². The van der Waals surface area contributed by atoms with E-state index in [2.05, 4.69) is 65.8 Å². The number of allylic oxidation sites excluding steroid dienone is 5. The molecule has 0 heterocycles. The molecule has 0 aliphatic heterocycles. The summed E-state index contributed by atoms with van der Waals surface area (Å²) in [5.41, 5.74) is 4.07. The molecule has 0 aromatic heterocycles. The predicted octanol–water partition coefficient (Wildman–Crippen LogP) is 7.33. The SMILES string of the molecule is CC(C)[C@@H](C)/C=C/[C@H](C)[C@H]1CC[C@@H]2C3=CC=C4C[C@H](O)CC[C@@]4(C)[C@@H]3CC[C@]21C. The van der Waals surface area contributed by atoms with E-state index in [1.54, 1.807) is 5.57 Å². The van der Waals surface area contributed by atoms with Crippen LogP contribution in [0.25, 0.3) is 0 Å². The van der Waals surface area contributed by atoms with Crippen molar-refractivity contribution in [1.82, 2.24) is 0 Å². The van der Waals surface area contributed by atoms with E-state index in [0.717, 1.165) is 36.5 Å². The van der Waals surface area contributed by atoms with Crippen LogP contribution in [0.4, 0.5) is 0 Å². The van der Waals surface area contributed by atoms with Gasteiger partial charge in [-0.1, -0.05) is 77.0 Å². The van der Waals surface area contributed by atoms with Gasteiger partial charge in [0.2, 0.25) is 0 Å². The Morgan fingerprint density at radius 3 is 2.41 bits per heavy atom. The molecule has 0 saturated heterocycles. The van der Waals surface area contributed by atoms with Gasteiger partial charge in [0.25, 0.3) is 0 Å². The van der Waals surface area contributed by atoms with E-state index in [1.165, 1.54) is 37.7 Å². The van der Waals surface area contributed by atoms with Crippen LogP contribution in [0.5, 0.6) is 0 Å². The van der Waals surface area contributed by atoms with Gasteiger partial charge in [0.15, 0.2) is 0 Å². The largest absolute Gasteiger partial charge is 0.393 e. The summed E-state index contributed by atoms with van der Waals surface area (Å²) in [5.74, 6) is 4.38. The second kappa shape index (κ2) is 7.70. The normalized spacial score (nSPS) is 44.0. The van der Waals surface area contributed by atoms with Crippen LogP contribution >= 0.6 is 0 Å². The molecule has 8 atom stereocenters. The molecule has 29 heavy (non-hydrogen) atoms. The number of aliphatic hydroxyl groups excluding tert-OH is 1. The average Bonchev–Trinajstić information content (AvgIpc) is 3.03. The number of hydrogen-bond donors (Lipinski definition) is 1. The van der Waals surface area contributed by atoms with Gasteiger partial charge in [0.1, 0.15) is 0 Å². The van der Waals surface area contributed by atoms with Crippen LogP contribution in [-0.2, 0) is 0 Å². The Bertz CT molecular complexity index is 712. The maximum Gasteiger partial charge on any atom is 0.0578 e. The van der Waals surface area contributed by atoms with Crippen molar-refractivity contribution in [2.45, 2.75) is 92.6 Å². The highest BCUT2D eigenvalue weighted by atomic mass is 16.3. The molecule has 4 aliphatic rings. The van der Waals surface area contributed by atoms with Gasteiger partial charge in [-0.15, -0.1) is 0 Å². The van der Waals surface area contributed by atoms with Crippen molar-refractivity contribution < 1.29 is 5.11 Å². The highest BCUT2D eigenvalue weighted by Gasteiger charge is 2.56. The Balaban J connectivity index is 1.57. The number of rotatable bonds is 4. The third-order valence-corrected chi connectivity index (χ3v) is 10.0. The van der Waals surface area contributed by atoms with E-state index in [4.69, 9.17) is 0 Å². The van der Waals surface area contributed by atoms with Crippen molar-refractivity contribution in [2.24, 2.45) is 46.3 Å². The summed E-state index contributed by atoms with van der Waals surface area (Å²) in [6, 6.07) is 0. The molecule has 162 valence electrons. The first-order chi connectivity index (χ1) is 13.7. The first-order valence-corrected chi connectivity index (χ1v) is 12.4. The van der Waals surface area contributed by atoms with E-state index in [0.29, 0.717) is 22.7 Å². The molecule has 4 aliphatic carbocycles. The highest BCUT2D eigenvalue weighted by molar-refractivity contribution is 5.39. The van der Waals surface area contributed by atoms with Gasteiger partial charge in [0, 0.05) is 0 Å². The predicted molar refractivity (Wildman–Crippen MR) is 123 cm³/mol. The monoisotopic (exact) mass is 396 g/mol. The van der Waals surface area contributed by atoms with Crippen molar-refractivity contribution in [3.8, 4) is 0 Å². The minimum absolute atomic E-state index is 0.116. The Labute approximate surface area is 179 Å². The molecule has 4 rings (SSSR count). The van der Waals surface area contributed by atoms with Gasteiger partial charge >= 0.3 is 0 Å². The zero-order valence-corrected chi connectivity index (χ0v) is 19.7. The molecule has 1 nitrogen and oxygen atoms in total. The first kappa shape index (κ1) is 21.4. The lowest BCUT2D eigenvalue weighted by Gasteiger charge is -2.55. The lowest BCUT2D eigenvalue weighted by Crippen LogP contribution is -2.46. The quantitative estimate of drug-likeness (QED) is 0.493. The summed E-state index contributed by atoms with van der Waals surface area (Å²) in [5, 5.41) is 10.2. The topological polar surface area (TPSA) is 20.2 Å². The average molecular weight is 397 g/mol. The van der Waals surface area contributed by atoms with E-state index < -0.39 is 0 Å². The molecule has 1 heteroatoms. The molecule has 0 aromatic carbocycles. The van der Waals surface area contributed by atoms with Crippen LogP contribution in [0.2, 0.25) is 0 Å². The second-order valence-electron chi connectivity index (χ2n) is 11.9. The van der Waals surface area contributed by atoms with Gasteiger partial charge in [-0.05, 0) is 91.3 Å². The first-order valence-electron chi connectivity index (χ1n) is 12.4. The third kappa shape index (κ3) is 3.50. The molecule has 0 radical (unpaired) electrons. The lowest BCUT2D eigenvalue weighted by molar-refractivity contribution is 0.0382. The van der Waals surface area contributed by atoms with E-state index in [9.17, 15) is 5.11 Å². The summed E-state index contributed by atoms with van der Waals surface area (Å²) in [7, 11) is 0. The summed E-state index contributed by atoms with van der Waals surface area (Å²) in [6.07, 6.45) is 18.4. The minimum atomic E-state index is -0.116. The molecule has 1 N–H and O–H groups in total. The molecule has 0 spiro atoms. The fourth-order valence-corrected chi connectivity index (χ4v) is 7.59. The number of hydrogen-bond acceptors (Lipinski definition) is 1. The van der Waals surface area contributed by atoms with Crippen LogP contribution < -0.4 is 0 Å². The second-order valence-corrected chi connectivity index (χ2v) is 11.9. The standard InChI is InChI=1S/C28H44O/c1-18(2)19(3)7-8-20(4)24-11-12-25-23-10-9-21-17-22(29)13-15-27(21,5)26(23)14-16-28(24,25)6/h7-10,18-20,22,24-26,29H,11-17H2,1-6H3/b8-7+/t19-,20-,22+,24+,25+,26+,27+,28-/m0/s1. The summed E-state index contributed by atoms with van der Waals surface area (Å²) >= 11 is 0. The summed E-state index contributed by atoms with van der Waals surface area (Å²) < 4.78 is 0. The molecule has 3 saturated carbocycles. The van der Waals surface area contributed by atoms with Crippen LogP contribution in [0.3, 0.4) is 0 Å². The van der Waals surface area contributed by atoms with Gasteiger partial charge in [-0.25, -0.2) is 0 Å². The lowest BCUT2D eigenvalue weighted by atomic mass is 9.50. The zero-order valence-electron chi connectivity index (χ0n) is 19.7. The van der Waals surface area contributed by atoms with Crippen molar-refractivity contribution in [3.63, 3.8) is 0 Å². The zero-order chi connectivity index (χ0) is 21.0. The number of aliphatic hydroxyl groups is 1. The fraction of sp³-hybridized carbons (Fsp3) is 0.786.